The summed E-state index contributed by atoms with van der Waals surface area (Å²) in [5.74, 6) is 1.46. The summed E-state index contributed by atoms with van der Waals surface area (Å²) in [6.07, 6.45) is 3.16. The van der Waals surface area contributed by atoms with Crippen molar-refractivity contribution in [3.8, 4) is 0 Å². The van der Waals surface area contributed by atoms with Gasteiger partial charge in [-0.1, -0.05) is 12.1 Å². The molecule has 1 amide bonds. The standard InChI is InChI=1S/C15H24N4O3/c1-3-12-9-19(7-8-21-12)14(20)10-18-6-4-5-13(18)15-16-11(2)22-17-15/h12-13H,3-10H2,1-2H3/t12-,13-/m0/s1. The molecule has 0 radical (unpaired) electrons. The first kappa shape index (κ1) is 15.4. The molecular weight excluding hydrogens is 284 g/mol. The monoisotopic (exact) mass is 308 g/mol. The molecule has 7 nitrogen and oxygen atoms in total. The third kappa shape index (κ3) is 3.30. The predicted octanol–water partition coefficient (Wildman–Crippen LogP) is 1.15. The number of ether oxygens (including phenoxy) is 1. The van der Waals surface area contributed by atoms with Gasteiger partial charge in [-0.25, -0.2) is 0 Å². The number of aryl methyl sites for hydroxylation is 1. The van der Waals surface area contributed by atoms with Crippen molar-refractivity contribution in [2.24, 2.45) is 0 Å². The summed E-state index contributed by atoms with van der Waals surface area (Å²) in [6, 6.07) is 0.101. The maximum Gasteiger partial charge on any atom is 0.236 e. The molecule has 122 valence electrons. The summed E-state index contributed by atoms with van der Waals surface area (Å²) >= 11 is 0. The second-order valence-corrected chi connectivity index (χ2v) is 6.04. The zero-order valence-electron chi connectivity index (χ0n) is 13.3. The quantitative estimate of drug-likeness (QED) is 0.831. The molecule has 3 rings (SSSR count). The van der Waals surface area contributed by atoms with Crippen LogP contribution in [0, 0.1) is 6.92 Å². The van der Waals surface area contributed by atoms with Gasteiger partial charge in [-0.3, -0.25) is 9.69 Å². The van der Waals surface area contributed by atoms with E-state index >= 15 is 0 Å². The molecule has 2 saturated heterocycles. The SMILES string of the molecule is CC[C@H]1CN(C(=O)CN2CCC[C@H]2c2noc(C)n2)CCO1. The molecule has 0 saturated carbocycles. The molecular formula is C15H24N4O3. The van der Waals surface area contributed by atoms with Gasteiger partial charge in [0.2, 0.25) is 11.8 Å². The zero-order valence-corrected chi connectivity index (χ0v) is 13.3. The Bertz CT molecular complexity index is 519. The number of aromatic nitrogens is 2. The van der Waals surface area contributed by atoms with Crippen molar-refractivity contribution in [2.75, 3.05) is 32.8 Å². The minimum Gasteiger partial charge on any atom is -0.375 e. The number of carbonyl (C=O) groups excluding carboxylic acids is 1. The van der Waals surface area contributed by atoms with Gasteiger partial charge in [-0.2, -0.15) is 4.98 Å². The van der Waals surface area contributed by atoms with Crippen LogP contribution >= 0.6 is 0 Å². The van der Waals surface area contributed by atoms with E-state index in [1.807, 2.05) is 4.90 Å². The fourth-order valence-corrected chi connectivity index (χ4v) is 3.22. The van der Waals surface area contributed by atoms with Crippen LogP contribution in [0.15, 0.2) is 4.52 Å². The zero-order chi connectivity index (χ0) is 15.5. The molecule has 2 aliphatic heterocycles. The Balaban J connectivity index is 1.60. The molecule has 1 aromatic rings. The predicted molar refractivity (Wildman–Crippen MR) is 79.2 cm³/mol. The molecule has 0 spiro atoms. The number of rotatable bonds is 4. The fraction of sp³-hybridized carbons (Fsp3) is 0.800. The Labute approximate surface area is 130 Å². The molecule has 0 bridgehead atoms. The molecule has 7 heteroatoms. The van der Waals surface area contributed by atoms with E-state index in [9.17, 15) is 4.79 Å². The number of amides is 1. The van der Waals surface area contributed by atoms with Gasteiger partial charge in [0.15, 0.2) is 5.82 Å². The second-order valence-electron chi connectivity index (χ2n) is 6.04. The van der Waals surface area contributed by atoms with E-state index in [2.05, 4.69) is 22.0 Å². The van der Waals surface area contributed by atoms with E-state index in [-0.39, 0.29) is 18.1 Å². The summed E-state index contributed by atoms with van der Waals surface area (Å²) in [5, 5.41) is 4.02. The highest BCUT2D eigenvalue weighted by molar-refractivity contribution is 5.78. The fourth-order valence-electron chi connectivity index (χ4n) is 3.22. The van der Waals surface area contributed by atoms with Crippen molar-refractivity contribution in [2.45, 2.75) is 45.3 Å². The minimum absolute atomic E-state index is 0.101. The first-order valence-corrected chi connectivity index (χ1v) is 8.11. The smallest absolute Gasteiger partial charge is 0.236 e. The van der Waals surface area contributed by atoms with Crippen molar-refractivity contribution in [1.29, 1.82) is 0 Å². The molecule has 0 N–H and O–H groups in total. The Kier molecular flexibility index (Phi) is 4.73. The second kappa shape index (κ2) is 6.75. The van der Waals surface area contributed by atoms with Gasteiger partial charge < -0.3 is 14.2 Å². The van der Waals surface area contributed by atoms with E-state index in [1.165, 1.54) is 0 Å². The molecule has 1 aromatic heterocycles. The van der Waals surface area contributed by atoms with Gasteiger partial charge >= 0.3 is 0 Å². The summed E-state index contributed by atoms with van der Waals surface area (Å²) < 4.78 is 10.7. The number of likely N-dealkylation sites (tertiary alicyclic amines) is 1. The molecule has 2 aliphatic rings. The maximum absolute atomic E-state index is 12.6. The highest BCUT2D eigenvalue weighted by Gasteiger charge is 2.33. The lowest BCUT2D eigenvalue weighted by molar-refractivity contribution is -0.140. The van der Waals surface area contributed by atoms with Crippen LogP contribution in [0.4, 0.5) is 0 Å². The Hall–Kier alpha value is -1.47. The number of nitrogens with zero attached hydrogens (tertiary/aromatic N) is 4. The third-order valence-corrected chi connectivity index (χ3v) is 4.49. The van der Waals surface area contributed by atoms with Gasteiger partial charge in [-0.05, 0) is 25.8 Å². The summed E-state index contributed by atoms with van der Waals surface area (Å²) in [4.78, 5) is 21.0. The van der Waals surface area contributed by atoms with E-state index < -0.39 is 0 Å². The molecule has 3 heterocycles. The minimum atomic E-state index is 0.101. The van der Waals surface area contributed by atoms with Crippen LogP contribution in [0.3, 0.4) is 0 Å². The van der Waals surface area contributed by atoms with Gasteiger partial charge in [-0.15, -0.1) is 0 Å². The normalized spacial score (nSPS) is 26.5. The lowest BCUT2D eigenvalue weighted by atomic mass is 10.2. The largest absolute Gasteiger partial charge is 0.375 e. The summed E-state index contributed by atoms with van der Waals surface area (Å²) in [5.41, 5.74) is 0. The highest BCUT2D eigenvalue weighted by Crippen LogP contribution is 2.29. The van der Waals surface area contributed by atoms with Crippen molar-refractivity contribution >= 4 is 5.91 Å². The third-order valence-electron chi connectivity index (χ3n) is 4.49. The van der Waals surface area contributed by atoms with Crippen molar-refractivity contribution in [3.05, 3.63) is 11.7 Å². The topological polar surface area (TPSA) is 71.7 Å². The highest BCUT2D eigenvalue weighted by atomic mass is 16.5. The van der Waals surface area contributed by atoms with E-state index in [0.29, 0.717) is 38.0 Å². The van der Waals surface area contributed by atoms with E-state index in [1.54, 1.807) is 6.92 Å². The van der Waals surface area contributed by atoms with E-state index in [4.69, 9.17) is 9.26 Å². The van der Waals surface area contributed by atoms with Crippen molar-refractivity contribution in [1.82, 2.24) is 19.9 Å². The average Bonchev–Trinajstić information content (AvgIpc) is 3.16. The van der Waals surface area contributed by atoms with E-state index in [0.717, 1.165) is 25.8 Å². The first-order chi connectivity index (χ1) is 10.7. The Morgan fingerprint density at radius 1 is 1.41 bits per heavy atom. The van der Waals surface area contributed by atoms with Crippen LogP contribution in [0.5, 0.6) is 0 Å². The molecule has 0 aliphatic carbocycles. The number of hydrogen-bond acceptors (Lipinski definition) is 6. The average molecular weight is 308 g/mol. The van der Waals surface area contributed by atoms with Crippen LogP contribution < -0.4 is 0 Å². The van der Waals surface area contributed by atoms with Gasteiger partial charge in [0.1, 0.15) is 0 Å². The number of carbonyl (C=O) groups is 1. The van der Waals surface area contributed by atoms with Gasteiger partial charge in [0.05, 0.1) is 25.3 Å². The lowest BCUT2D eigenvalue weighted by Gasteiger charge is -2.34. The van der Waals surface area contributed by atoms with Crippen LogP contribution in [-0.2, 0) is 9.53 Å². The Morgan fingerprint density at radius 2 is 2.27 bits per heavy atom. The number of morpholine rings is 1. The number of hydrogen-bond donors (Lipinski definition) is 0. The van der Waals surface area contributed by atoms with Gasteiger partial charge in [0, 0.05) is 20.0 Å². The first-order valence-electron chi connectivity index (χ1n) is 8.11. The van der Waals surface area contributed by atoms with Crippen LogP contribution in [-0.4, -0.2) is 64.7 Å². The van der Waals surface area contributed by atoms with Gasteiger partial charge in [0.25, 0.3) is 0 Å². The summed E-state index contributed by atoms with van der Waals surface area (Å²) in [6.45, 7) is 7.25. The molecule has 22 heavy (non-hydrogen) atoms. The molecule has 2 atom stereocenters. The molecule has 2 fully saturated rings. The lowest BCUT2D eigenvalue weighted by Crippen LogP contribution is -2.48. The van der Waals surface area contributed by atoms with Crippen LogP contribution in [0.2, 0.25) is 0 Å². The van der Waals surface area contributed by atoms with Crippen LogP contribution in [0.25, 0.3) is 0 Å². The molecule has 0 unspecified atom stereocenters. The maximum atomic E-state index is 12.6. The molecule has 0 aromatic carbocycles. The van der Waals surface area contributed by atoms with Crippen LogP contribution in [0.1, 0.15) is 43.9 Å². The summed E-state index contributed by atoms with van der Waals surface area (Å²) in [7, 11) is 0. The van der Waals surface area contributed by atoms with Crippen molar-refractivity contribution < 1.29 is 14.1 Å². The Morgan fingerprint density at radius 3 is 3.00 bits per heavy atom. The van der Waals surface area contributed by atoms with Crippen molar-refractivity contribution in [3.63, 3.8) is 0 Å².